The van der Waals surface area contributed by atoms with Gasteiger partial charge in [0.15, 0.2) is 5.58 Å². The van der Waals surface area contributed by atoms with Crippen LogP contribution in [-0.2, 0) is 0 Å². The Morgan fingerprint density at radius 1 is 0.339 bits per heavy atom. The van der Waals surface area contributed by atoms with E-state index in [-0.39, 0.29) is 0 Å². The second kappa shape index (κ2) is 13.6. The Bertz CT molecular complexity index is 3810. The molecule has 290 valence electrons. The normalized spacial score (nSPS) is 11.9. The second-order valence-corrected chi connectivity index (χ2v) is 16.0. The van der Waals surface area contributed by atoms with E-state index in [1.807, 2.05) is 12.1 Å². The Balaban J connectivity index is 0.954. The molecule has 0 N–H and O–H groups in total. The van der Waals surface area contributed by atoms with Gasteiger partial charge in [-0.25, -0.2) is 0 Å². The van der Waals surface area contributed by atoms with Gasteiger partial charge in [0.1, 0.15) is 16.7 Å². The predicted molar refractivity (Wildman–Crippen MR) is 258 cm³/mol. The van der Waals surface area contributed by atoms with E-state index >= 15 is 0 Å². The van der Waals surface area contributed by atoms with Crippen LogP contribution in [0.15, 0.2) is 227 Å². The molecule has 3 aromatic heterocycles. The lowest BCUT2D eigenvalue weighted by atomic mass is 9.98. The summed E-state index contributed by atoms with van der Waals surface area (Å²) < 4.78 is 15.6. The highest BCUT2D eigenvalue weighted by atomic mass is 16.3. The zero-order valence-corrected chi connectivity index (χ0v) is 33.5. The fraction of sp³-hybridized carbons (Fsp3) is 0. The molecule has 3 heterocycles. The van der Waals surface area contributed by atoms with E-state index in [4.69, 9.17) is 8.83 Å². The minimum atomic E-state index is 0.848. The van der Waals surface area contributed by atoms with E-state index in [0.29, 0.717) is 0 Å². The van der Waals surface area contributed by atoms with E-state index in [2.05, 4.69) is 216 Å². The molecule has 0 radical (unpaired) electrons. The standard InChI is InChI=1S/C58H36N2O2/c1-2-15-44-37(13-1)31-36-49-56-43(19-12-26-55(56)62-57(44)49)39-29-34-41(35-30-39)59(53-24-11-20-48-47-18-6-10-25-54(47)61-58(48)53)40-32-27-38(28-33-40)42-14-3-7-21-50(42)60-51-22-8-4-16-45(51)46-17-5-9-23-52(46)60/h1-36H. The Hall–Kier alpha value is -8.34. The number of para-hydroxylation sites is 5. The highest BCUT2D eigenvalue weighted by Gasteiger charge is 2.21. The van der Waals surface area contributed by atoms with E-state index in [0.717, 1.165) is 94.3 Å². The van der Waals surface area contributed by atoms with Gasteiger partial charge >= 0.3 is 0 Å². The topological polar surface area (TPSA) is 34.5 Å². The van der Waals surface area contributed by atoms with Crippen LogP contribution in [0.25, 0.3) is 104 Å². The number of fused-ring (bicyclic) bond motifs is 11. The van der Waals surface area contributed by atoms with Crippen molar-refractivity contribution in [2.75, 3.05) is 4.90 Å². The lowest BCUT2D eigenvalue weighted by Gasteiger charge is -2.26. The molecule has 62 heavy (non-hydrogen) atoms. The van der Waals surface area contributed by atoms with Crippen molar-refractivity contribution in [1.29, 1.82) is 0 Å². The first-order valence-electron chi connectivity index (χ1n) is 21.1. The van der Waals surface area contributed by atoms with E-state index < -0.39 is 0 Å². The summed E-state index contributed by atoms with van der Waals surface area (Å²) in [5, 5.41) is 9.23. The molecule has 0 fully saturated rings. The zero-order valence-electron chi connectivity index (χ0n) is 33.5. The van der Waals surface area contributed by atoms with Gasteiger partial charge in [-0.2, -0.15) is 0 Å². The van der Waals surface area contributed by atoms with Crippen molar-refractivity contribution >= 4 is 93.5 Å². The van der Waals surface area contributed by atoms with E-state index in [1.165, 1.54) is 27.2 Å². The van der Waals surface area contributed by atoms with Crippen molar-refractivity contribution in [3.8, 4) is 27.9 Å². The third-order valence-electron chi connectivity index (χ3n) is 12.6. The largest absolute Gasteiger partial charge is 0.455 e. The number of hydrogen-bond donors (Lipinski definition) is 0. The van der Waals surface area contributed by atoms with Gasteiger partial charge in [-0.3, -0.25) is 0 Å². The first-order valence-corrected chi connectivity index (χ1v) is 21.1. The second-order valence-electron chi connectivity index (χ2n) is 16.0. The van der Waals surface area contributed by atoms with Crippen molar-refractivity contribution < 1.29 is 8.83 Å². The quantitative estimate of drug-likeness (QED) is 0.168. The summed E-state index contributed by atoms with van der Waals surface area (Å²) >= 11 is 0. The summed E-state index contributed by atoms with van der Waals surface area (Å²) in [5.74, 6) is 0. The molecule has 0 atom stereocenters. The van der Waals surface area contributed by atoms with Crippen LogP contribution in [0.3, 0.4) is 0 Å². The van der Waals surface area contributed by atoms with Gasteiger partial charge < -0.3 is 18.3 Å². The average Bonchev–Trinajstić information content (AvgIpc) is 4.03. The maximum atomic E-state index is 6.68. The number of hydrogen-bond acceptors (Lipinski definition) is 3. The van der Waals surface area contributed by atoms with Crippen molar-refractivity contribution in [3.05, 3.63) is 218 Å². The molecule has 13 rings (SSSR count). The van der Waals surface area contributed by atoms with Crippen LogP contribution in [-0.4, -0.2) is 4.57 Å². The molecule has 0 aliphatic carbocycles. The zero-order chi connectivity index (χ0) is 40.7. The summed E-state index contributed by atoms with van der Waals surface area (Å²) in [6.45, 7) is 0. The van der Waals surface area contributed by atoms with Crippen LogP contribution in [0.2, 0.25) is 0 Å². The van der Waals surface area contributed by atoms with Gasteiger partial charge in [0.2, 0.25) is 0 Å². The molecule has 13 aromatic rings. The molecule has 0 amide bonds. The van der Waals surface area contributed by atoms with Crippen molar-refractivity contribution in [2.24, 2.45) is 0 Å². The molecule has 0 bridgehead atoms. The minimum Gasteiger partial charge on any atom is -0.455 e. The van der Waals surface area contributed by atoms with Crippen LogP contribution < -0.4 is 4.90 Å². The summed E-state index contributed by atoms with van der Waals surface area (Å²) in [5.41, 5.74) is 14.6. The SMILES string of the molecule is c1ccc(-n2c3ccccc3c3ccccc32)c(-c2ccc(N(c3ccc(-c4cccc5oc6c7ccccc7ccc6c45)cc3)c3cccc4c3oc3ccccc34)cc2)c1. The van der Waals surface area contributed by atoms with Crippen LogP contribution >= 0.6 is 0 Å². The van der Waals surface area contributed by atoms with Crippen molar-refractivity contribution in [1.82, 2.24) is 4.57 Å². The maximum Gasteiger partial charge on any atom is 0.159 e. The van der Waals surface area contributed by atoms with Crippen molar-refractivity contribution in [3.63, 3.8) is 0 Å². The predicted octanol–water partition coefficient (Wildman–Crippen LogP) is 16.5. The monoisotopic (exact) mass is 792 g/mol. The fourth-order valence-electron chi connectivity index (χ4n) is 9.80. The van der Waals surface area contributed by atoms with Crippen LogP contribution in [0.4, 0.5) is 17.1 Å². The lowest BCUT2D eigenvalue weighted by molar-refractivity contribution is 0.669. The third-order valence-corrected chi connectivity index (χ3v) is 12.6. The summed E-state index contributed by atoms with van der Waals surface area (Å²) in [4.78, 5) is 2.32. The molecule has 0 aliphatic heterocycles. The molecule has 4 heteroatoms. The van der Waals surface area contributed by atoms with Gasteiger partial charge in [-0.1, -0.05) is 152 Å². The van der Waals surface area contributed by atoms with Crippen LogP contribution in [0, 0.1) is 0 Å². The third kappa shape index (κ3) is 5.20. The maximum absolute atomic E-state index is 6.68. The first-order chi connectivity index (χ1) is 30.8. The van der Waals surface area contributed by atoms with E-state index in [9.17, 15) is 0 Å². The molecular weight excluding hydrogens is 757 g/mol. The van der Waals surface area contributed by atoms with Crippen LogP contribution in [0.5, 0.6) is 0 Å². The number of anilines is 3. The molecule has 0 aliphatic rings. The van der Waals surface area contributed by atoms with Gasteiger partial charge in [-0.15, -0.1) is 0 Å². The molecule has 0 saturated heterocycles. The number of rotatable bonds is 6. The number of aromatic nitrogens is 1. The van der Waals surface area contributed by atoms with Gasteiger partial charge in [0.05, 0.1) is 22.4 Å². The summed E-state index contributed by atoms with van der Waals surface area (Å²) in [6.07, 6.45) is 0. The minimum absolute atomic E-state index is 0.848. The van der Waals surface area contributed by atoms with Crippen LogP contribution in [0.1, 0.15) is 0 Å². The number of benzene rings is 10. The van der Waals surface area contributed by atoms with Gasteiger partial charge in [0, 0.05) is 54.6 Å². The number of furan rings is 2. The Morgan fingerprint density at radius 2 is 0.887 bits per heavy atom. The smallest absolute Gasteiger partial charge is 0.159 e. The lowest BCUT2D eigenvalue weighted by Crippen LogP contribution is -2.10. The highest BCUT2D eigenvalue weighted by molar-refractivity contribution is 6.19. The Morgan fingerprint density at radius 3 is 1.65 bits per heavy atom. The van der Waals surface area contributed by atoms with Crippen molar-refractivity contribution in [2.45, 2.75) is 0 Å². The fourth-order valence-corrected chi connectivity index (χ4v) is 9.80. The molecular formula is C58H36N2O2. The van der Waals surface area contributed by atoms with Gasteiger partial charge in [0.25, 0.3) is 0 Å². The summed E-state index contributed by atoms with van der Waals surface area (Å²) in [7, 11) is 0. The highest BCUT2D eigenvalue weighted by Crippen LogP contribution is 2.45. The number of nitrogens with zero attached hydrogens (tertiary/aromatic N) is 2. The molecule has 0 saturated carbocycles. The Kier molecular flexibility index (Phi) is 7.57. The van der Waals surface area contributed by atoms with Gasteiger partial charge in [-0.05, 0) is 88.8 Å². The van der Waals surface area contributed by atoms with E-state index in [1.54, 1.807) is 0 Å². The molecule has 10 aromatic carbocycles. The molecule has 4 nitrogen and oxygen atoms in total. The average molecular weight is 793 g/mol. The molecule has 0 spiro atoms. The molecule has 0 unspecified atom stereocenters. The summed E-state index contributed by atoms with van der Waals surface area (Å²) in [6, 6.07) is 77.9. The first kappa shape index (κ1) is 34.5. The Labute approximate surface area is 356 Å².